The van der Waals surface area contributed by atoms with Gasteiger partial charge in [-0.1, -0.05) is 0 Å². The second kappa shape index (κ2) is 6.09. The minimum Gasteiger partial charge on any atom is -0.497 e. The molecule has 106 valence electrons. The van der Waals surface area contributed by atoms with Gasteiger partial charge in [0.2, 0.25) is 0 Å². The van der Waals surface area contributed by atoms with Crippen LogP contribution in [0.5, 0.6) is 11.5 Å². The lowest BCUT2D eigenvalue weighted by atomic mass is 10.2. The second-order valence-electron chi connectivity index (χ2n) is 4.15. The van der Waals surface area contributed by atoms with Crippen molar-refractivity contribution < 1.29 is 9.47 Å². The minimum absolute atomic E-state index is 0.618. The Morgan fingerprint density at radius 3 is 2.15 bits per heavy atom. The number of aryl methyl sites for hydroxylation is 1. The second-order valence-corrected chi connectivity index (χ2v) is 4.94. The fraction of sp³-hybridized carbons (Fsp3) is 0.286. The molecule has 0 atom stereocenters. The van der Waals surface area contributed by atoms with E-state index in [1.54, 1.807) is 14.2 Å². The summed E-state index contributed by atoms with van der Waals surface area (Å²) in [5.41, 5.74) is 1.70. The number of hydrogen-bond donors (Lipinski definition) is 1. The summed E-state index contributed by atoms with van der Waals surface area (Å²) >= 11 is 3.47. The molecule has 0 amide bonds. The summed E-state index contributed by atoms with van der Waals surface area (Å²) in [6.45, 7) is 1.92. The van der Waals surface area contributed by atoms with Crippen molar-refractivity contribution in [2.24, 2.45) is 0 Å². The first-order chi connectivity index (χ1) is 9.58. The van der Waals surface area contributed by atoms with Gasteiger partial charge >= 0.3 is 0 Å². The Hall–Kier alpha value is -1.82. The molecule has 0 unspecified atom stereocenters. The largest absolute Gasteiger partial charge is 0.497 e. The first-order valence-electron chi connectivity index (χ1n) is 6.04. The van der Waals surface area contributed by atoms with Gasteiger partial charge in [0.05, 0.1) is 24.4 Å². The van der Waals surface area contributed by atoms with Crippen molar-refractivity contribution in [2.75, 3.05) is 26.6 Å². The summed E-state index contributed by atoms with van der Waals surface area (Å²) in [5.74, 6) is 2.77. The number of halogens is 1. The van der Waals surface area contributed by atoms with E-state index in [0.29, 0.717) is 17.3 Å². The highest BCUT2D eigenvalue weighted by atomic mass is 79.9. The van der Waals surface area contributed by atoms with Crippen LogP contribution in [0, 0.1) is 6.92 Å². The van der Waals surface area contributed by atoms with Crippen LogP contribution in [0.15, 0.2) is 22.7 Å². The van der Waals surface area contributed by atoms with E-state index >= 15 is 0 Å². The third-order valence-electron chi connectivity index (χ3n) is 2.86. The Labute approximate surface area is 126 Å². The first-order valence-corrected chi connectivity index (χ1v) is 6.83. The van der Waals surface area contributed by atoms with Crippen molar-refractivity contribution in [3.05, 3.63) is 28.4 Å². The number of nitrogens with zero attached hydrogens (tertiary/aromatic N) is 2. The number of nitrogens with one attached hydrogen (secondary N) is 1. The molecule has 5 nitrogen and oxygen atoms in total. The van der Waals surface area contributed by atoms with Crippen LogP contribution in [-0.2, 0) is 0 Å². The van der Waals surface area contributed by atoms with E-state index in [1.165, 1.54) is 0 Å². The van der Waals surface area contributed by atoms with Gasteiger partial charge in [0, 0.05) is 18.7 Å². The van der Waals surface area contributed by atoms with Gasteiger partial charge in [-0.25, -0.2) is 9.97 Å². The highest BCUT2D eigenvalue weighted by Crippen LogP contribution is 2.31. The predicted octanol–water partition coefficient (Wildman–Crippen LogP) is 3.27. The first kappa shape index (κ1) is 14.6. The fourth-order valence-corrected chi connectivity index (χ4v) is 2.17. The average molecular weight is 338 g/mol. The number of hydrogen-bond acceptors (Lipinski definition) is 5. The smallest absolute Gasteiger partial charge is 0.162 e. The number of aromatic nitrogens is 2. The Morgan fingerprint density at radius 1 is 1.05 bits per heavy atom. The fourth-order valence-electron chi connectivity index (χ4n) is 1.79. The number of benzene rings is 1. The van der Waals surface area contributed by atoms with Crippen molar-refractivity contribution >= 4 is 21.7 Å². The zero-order valence-electron chi connectivity index (χ0n) is 11.8. The van der Waals surface area contributed by atoms with Crippen molar-refractivity contribution in [2.45, 2.75) is 6.92 Å². The number of anilines is 1. The van der Waals surface area contributed by atoms with E-state index in [9.17, 15) is 0 Å². The summed E-state index contributed by atoms with van der Waals surface area (Å²) in [6.07, 6.45) is 0. The third kappa shape index (κ3) is 2.85. The molecule has 0 radical (unpaired) electrons. The Morgan fingerprint density at radius 2 is 1.65 bits per heavy atom. The van der Waals surface area contributed by atoms with E-state index in [4.69, 9.17) is 9.47 Å². The third-order valence-corrected chi connectivity index (χ3v) is 3.81. The zero-order chi connectivity index (χ0) is 14.7. The quantitative estimate of drug-likeness (QED) is 0.927. The van der Waals surface area contributed by atoms with E-state index in [0.717, 1.165) is 21.5 Å². The van der Waals surface area contributed by atoms with Gasteiger partial charge in [-0.15, -0.1) is 0 Å². The molecule has 6 heteroatoms. The molecule has 2 aromatic rings. The SMILES string of the molecule is CNc1nc(-c2cc(OC)cc(OC)c2)nc(C)c1Br. The maximum absolute atomic E-state index is 5.27. The maximum atomic E-state index is 5.27. The van der Waals surface area contributed by atoms with Crippen LogP contribution in [0.3, 0.4) is 0 Å². The molecule has 2 rings (SSSR count). The van der Waals surface area contributed by atoms with Gasteiger partial charge in [-0.3, -0.25) is 0 Å². The molecular weight excluding hydrogens is 322 g/mol. The highest BCUT2D eigenvalue weighted by molar-refractivity contribution is 9.10. The Balaban J connectivity index is 2.58. The van der Waals surface area contributed by atoms with Gasteiger partial charge in [-0.2, -0.15) is 0 Å². The summed E-state index contributed by atoms with van der Waals surface area (Å²) in [5, 5.41) is 3.04. The molecule has 1 N–H and O–H groups in total. The van der Waals surface area contributed by atoms with Gasteiger partial charge in [-0.05, 0) is 35.0 Å². The molecule has 20 heavy (non-hydrogen) atoms. The number of rotatable bonds is 4. The Bertz CT molecular complexity index is 610. The molecule has 0 spiro atoms. The lowest BCUT2D eigenvalue weighted by Gasteiger charge is -2.11. The summed E-state index contributed by atoms with van der Waals surface area (Å²) < 4.78 is 11.4. The minimum atomic E-state index is 0.618. The van der Waals surface area contributed by atoms with E-state index < -0.39 is 0 Å². The molecule has 0 aliphatic carbocycles. The van der Waals surface area contributed by atoms with Crippen molar-refractivity contribution in [3.8, 4) is 22.9 Å². The maximum Gasteiger partial charge on any atom is 0.162 e. The molecule has 0 aliphatic heterocycles. The zero-order valence-corrected chi connectivity index (χ0v) is 13.4. The van der Waals surface area contributed by atoms with Gasteiger partial charge < -0.3 is 14.8 Å². The molecule has 0 saturated carbocycles. The predicted molar refractivity (Wildman–Crippen MR) is 82.6 cm³/mol. The van der Waals surface area contributed by atoms with Crippen molar-refractivity contribution in [1.29, 1.82) is 0 Å². The molecular formula is C14H16BrN3O2. The summed E-state index contributed by atoms with van der Waals surface area (Å²) in [7, 11) is 5.05. The van der Waals surface area contributed by atoms with E-state index in [2.05, 4.69) is 31.2 Å². The van der Waals surface area contributed by atoms with Crippen LogP contribution in [0.4, 0.5) is 5.82 Å². The molecule has 1 aromatic heterocycles. The van der Waals surface area contributed by atoms with Crippen LogP contribution >= 0.6 is 15.9 Å². The van der Waals surface area contributed by atoms with Crippen molar-refractivity contribution in [1.82, 2.24) is 9.97 Å². The van der Waals surface area contributed by atoms with Gasteiger partial charge in [0.25, 0.3) is 0 Å². The topological polar surface area (TPSA) is 56.3 Å². The molecule has 0 aliphatic rings. The van der Waals surface area contributed by atoms with Gasteiger partial charge in [0.15, 0.2) is 5.82 Å². The highest BCUT2D eigenvalue weighted by Gasteiger charge is 2.12. The monoisotopic (exact) mass is 337 g/mol. The van der Waals surface area contributed by atoms with Crippen LogP contribution in [0.1, 0.15) is 5.69 Å². The lowest BCUT2D eigenvalue weighted by Crippen LogP contribution is -2.01. The van der Waals surface area contributed by atoms with Crippen LogP contribution in [0.25, 0.3) is 11.4 Å². The lowest BCUT2D eigenvalue weighted by molar-refractivity contribution is 0.394. The molecule has 1 heterocycles. The average Bonchev–Trinajstić information content (AvgIpc) is 2.49. The molecule has 0 saturated heterocycles. The van der Waals surface area contributed by atoms with Crippen LogP contribution < -0.4 is 14.8 Å². The van der Waals surface area contributed by atoms with E-state index in [1.807, 2.05) is 32.2 Å². The molecule has 1 aromatic carbocycles. The Kier molecular flexibility index (Phi) is 4.44. The van der Waals surface area contributed by atoms with Crippen LogP contribution in [-0.4, -0.2) is 31.2 Å². The number of methoxy groups -OCH3 is 2. The summed E-state index contributed by atoms with van der Waals surface area (Å²) in [4.78, 5) is 8.99. The molecule has 0 bridgehead atoms. The van der Waals surface area contributed by atoms with E-state index in [-0.39, 0.29) is 0 Å². The normalized spacial score (nSPS) is 10.2. The standard InChI is InChI=1S/C14H16BrN3O2/c1-8-12(15)14(16-2)18-13(17-8)9-5-10(19-3)7-11(6-9)20-4/h5-7H,1-4H3,(H,16,17,18). The number of ether oxygens (including phenoxy) is 2. The summed E-state index contributed by atoms with van der Waals surface area (Å²) in [6, 6.07) is 5.57. The van der Waals surface area contributed by atoms with Crippen molar-refractivity contribution in [3.63, 3.8) is 0 Å². The van der Waals surface area contributed by atoms with Gasteiger partial charge in [0.1, 0.15) is 17.3 Å². The van der Waals surface area contributed by atoms with Crippen LogP contribution in [0.2, 0.25) is 0 Å². The molecule has 0 fully saturated rings.